The lowest BCUT2D eigenvalue weighted by Crippen LogP contribution is -1.90. The zero-order chi connectivity index (χ0) is 11.1. The Morgan fingerprint density at radius 2 is 2.25 bits per heavy atom. The normalized spacial score (nSPS) is 11.1. The molecule has 5 heteroatoms. The maximum absolute atomic E-state index is 5.76. The van der Waals surface area contributed by atoms with Gasteiger partial charge in [0.1, 0.15) is 4.60 Å². The van der Waals surface area contributed by atoms with Gasteiger partial charge in [0.2, 0.25) is 0 Å². The minimum atomic E-state index is 0.742. The van der Waals surface area contributed by atoms with Gasteiger partial charge in [-0.25, -0.2) is 4.98 Å². The smallest absolute Gasteiger partial charge is 0.156 e. The van der Waals surface area contributed by atoms with Crippen LogP contribution < -0.4 is 5.73 Å². The van der Waals surface area contributed by atoms with Gasteiger partial charge in [0.25, 0.3) is 0 Å². The van der Waals surface area contributed by atoms with E-state index in [1.165, 1.54) is 0 Å². The van der Waals surface area contributed by atoms with Gasteiger partial charge in [-0.15, -0.1) is 11.3 Å². The highest BCUT2D eigenvalue weighted by molar-refractivity contribution is 9.10. The number of rotatable bonds is 1. The molecule has 0 saturated heterocycles. The summed E-state index contributed by atoms with van der Waals surface area (Å²) in [5.74, 6) is 0.942. The molecule has 3 nitrogen and oxygen atoms in total. The minimum absolute atomic E-state index is 0.742. The Kier molecular flexibility index (Phi) is 2.22. The van der Waals surface area contributed by atoms with Crippen molar-refractivity contribution >= 4 is 38.5 Å². The fraction of sp³-hybridized carbons (Fsp3) is 0. The molecule has 3 aromatic rings. The molecular formula is C11H8BrN3S. The summed E-state index contributed by atoms with van der Waals surface area (Å²) in [6.07, 6.45) is 1.94. The fourth-order valence-electron chi connectivity index (χ4n) is 1.64. The molecule has 0 aliphatic heterocycles. The van der Waals surface area contributed by atoms with Gasteiger partial charge in [0, 0.05) is 11.9 Å². The van der Waals surface area contributed by atoms with Crippen LogP contribution in [-0.4, -0.2) is 9.38 Å². The number of nitrogen functional groups attached to an aromatic ring is 1. The number of nitrogens with zero attached hydrogens (tertiary/aromatic N) is 2. The zero-order valence-corrected chi connectivity index (χ0v) is 10.6. The minimum Gasteiger partial charge on any atom is -0.399 e. The first-order valence-electron chi connectivity index (χ1n) is 4.72. The summed E-state index contributed by atoms with van der Waals surface area (Å²) in [5, 5.41) is 2.04. The molecule has 0 radical (unpaired) electrons. The lowest BCUT2D eigenvalue weighted by atomic mass is 10.3. The van der Waals surface area contributed by atoms with Crippen LogP contribution in [0.4, 0.5) is 5.69 Å². The maximum Gasteiger partial charge on any atom is 0.156 e. The van der Waals surface area contributed by atoms with Crippen LogP contribution in [0.25, 0.3) is 16.2 Å². The Morgan fingerprint density at radius 1 is 1.38 bits per heavy atom. The summed E-state index contributed by atoms with van der Waals surface area (Å²) in [6, 6.07) is 7.86. The third-order valence-corrected chi connectivity index (χ3v) is 3.81. The van der Waals surface area contributed by atoms with Gasteiger partial charge in [-0.3, -0.25) is 4.40 Å². The molecule has 0 saturated carbocycles. The van der Waals surface area contributed by atoms with E-state index in [4.69, 9.17) is 5.73 Å². The lowest BCUT2D eigenvalue weighted by Gasteiger charge is -1.99. The molecule has 16 heavy (non-hydrogen) atoms. The van der Waals surface area contributed by atoms with Crippen LogP contribution in [-0.2, 0) is 0 Å². The van der Waals surface area contributed by atoms with Crippen molar-refractivity contribution in [1.29, 1.82) is 0 Å². The highest BCUT2D eigenvalue weighted by Crippen LogP contribution is 2.29. The van der Waals surface area contributed by atoms with Crippen molar-refractivity contribution < 1.29 is 0 Å². The van der Waals surface area contributed by atoms with Crippen LogP contribution in [0.3, 0.4) is 0 Å². The van der Waals surface area contributed by atoms with Crippen LogP contribution in [0.2, 0.25) is 0 Å². The summed E-state index contributed by atoms with van der Waals surface area (Å²) in [5.41, 5.74) is 7.49. The fourth-order valence-corrected chi connectivity index (χ4v) is 2.83. The Balaban J connectivity index is 2.35. The largest absolute Gasteiger partial charge is 0.399 e. The van der Waals surface area contributed by atoms with Crippen LogP contribution in [0.1, 0.15) is 0 Å². The average molecular weight is 294 g/mol. The summed E-state index contributed by atoms with van der Waals surface area (Å²) in [4.78, 5) is 5.65. The van der Waals surface area contributed by atoms with Crippen molar-refractivity contribution in [2.75, 3.05) is 5.73 Å². The Labute approximate surface area is 105 Å². The second-order valence-corrected chi connectivity index (χ2v) is 5.12. The summed E-state index contributed by atoms with van der Waals surface area (Å²) in [6.45, 7) is 0. The molecular weight excluding hydrogens is 286 g/mol. The van der Waals surface area contributed by atoms with Gasteiger partial charge in [-0.1, -0.05) is 6.07 Å². The number of imidazole rings is 1. The summed E-state index contributed by atoms with van der Waals surface area (Å²) in [7, 11) is 0. The molecule has 3 rings (SSSR count). The highest BCUT2D eigenvalue weighted by atomic mass is 79.9. The molecule has 0 atom stereocenters. The van der Waals surface area contributed by atoms with Crippen LogP contribution in [0.15, 0.2) is 40.4 Å². The molecule has 3 heterocycles. The van der Waals surface area contributed by atoms with Crippen molar-refractivity contribution in [2.45, 2.75) is 0 Å². The van der Waals surface area contributed by atoms with Crippen LogP contribution in [0.5, 0.6) is 0 Å². The molecule has 0 spiro atoms. The van der Waals surface area contributed by atoms with E-state index in [2.05, 4.69) is 27.0 Å². The summed E-state index contributed by atoms with van der Waals surface area (Å²) < 4.78 is 2.86. The second-order valence-electron chi connectivity index (χ2n) is 3.42. The first kappa shape index (κ1) is 9.86. The van der Waals surface area contributed by atoms with E-state index in [1.54, 1.807) is 11.3 Å². The van der Waals surface area contributed by atoms with Crippen molar-refractivity contribution in [1.82, 2.24) is 9.38 Å². The molecule has 0 unspecified atom stereocenters. The molecule has 0 aliphatic carbocycles. The standard InChI is InChI=1S/C11H8BrN3S/c12-10-8-6-7(13)3-4-15(8)11(14-10)9-2-1-5-16-9/h1-6H,13H2. The Bertz CT molecular complexity index is 643. The van der Waals surface area contributed by atoms with E-state index in [0.29, 0.717) is 0 Å². The predicted molar refractivity (Wildman–Crippen MR) is 70.6 cm³/mol. The van der Waals surface area contributed by atoms with Crippen molar-refractivity contribution in [2.24, 2.45) is 0 Å². The van der Waals surface area contributed by atoms with Gasteiger partial charge in [0.05, 0.1) is 10.4 Å². The number of hydrogen-bond acceptors (Lipinski definition) is 3. The monoisotopic (exact) mass is 293 g/mol. The number of thiophene rings is 1. The molecule has 2 N–H and O–H groups in total. The number of hydrogen-bond donors (Lipinski definition) is 1. The van der Waals surface area contributed by atoms with Crippen LogP contribution >= 0.6 is 27.3 Å². The number of aromatic nitrogens is 2. The maximum atomic E-state index is 5.76. The van der Waals surface area contributed by atoms with Crippen molar-refractivity contribution in [3.05, 3.63) is 40.4 Å². The van der Waals surface area contributed by atoms with Gasteiger partial charge < -0.3 is 5.73 Å². The predicted octanol–water partition coefficient (Wildman–Crippen LogP) is 3.41. The molecule has 80 valence electrons. The first-order chi connectivity index (χ1) is 7.75. The summed E-state index contributed by atoms with van der Waals surface area (Å²) >= 11 is 5.13. The third-order valence-electron chi connectivity index (χ3n) is 2.36. The highest BCUT2D eigenvalue weighted by Gasteiger charge is 2.11. The number of halogens is 1. The van der Waals surface area contributed by atoms with E-state index in [1.807, 2.05) is 34.2 Å². The zero-order valence-electron chi connectivity index (χ0n) is 8.22. The molecule has 0 aliphatic rings. The second kappa shape index (κ2) is 3.61. The third kappa shape index (κ3) is 1.44. The Hall–Kier alpha value is -1.33. The topological polar surface area (TPSA) is 43.3 Å². The quantitative estimate of drug-likeness (QED) is 0.747. The number of fused-ring (bicyclic) bond motifs is 1. The number of pyridine rings is 1. The molecule has 0 bridgehead atoms. The molecule has 0 aromatic carbocycles. The van der Waals surface area contributed by atoms with E-state index in [0.717, 1.165) is 26.5 Å². The van der Waals surface area contributed by atoms with Gasteiger partial charge in [-0.2, -0.15) is 0 Å². The average Bonchev–Trinajstić information content (AvgIpc) is 2.87. The van der Waals surface area contributed by atoms with Crippen molar-refractivity contribution in [3.8, 4) is 10.7 Å². The van der Waals surface area contributed by atoms with E-state index in [-0.39, 0.29) is 0 Å². The molecule has 3 aromatic heterocycles. The number of nitrogens with two attached hydrogens (primary N) is 1. The first-order valence-corrected chi connectivity index (χ1v) is 6.40. The van der Waals surface area contributed by atoms with Gasteiger partial charge in [-0.05, 0) is 39.5 Å². The van der Waals surface area contributed by atoms with Gasteiger partial charge in [0.15, 0.2) is 5.82 Å². The number of anilines is 1. The van der Waals surface area contributed by atoms with Crippen molar-refractivity contribution in [3.63, 3.8) is 0 Å². The SMILES string of the molecule is Nc1ccn2c(-c3cccs3)nc(Br)c2c1. The molecule has 0 fully saturated rings. The van der Waals surface area contributed by atoms with E-state index in [9.17, 15) is 0 Å². The van der Waals surface area contributed by atoms with Gasteiger partial charge >= 0.3 is 0 Å². The van der Waals surface area contributed by atoms with E-state index < -0.39 is 0 Å². The lowest BCUT2D eigenvalue weighted by molar-refractivity contribution is 1.17. The van der Waals surface area contributed by atoms with E-state index >= 15 is 0 Å². The van der Waals surface area contributed by atoms with Crippen LogP contribution in [0, 0.1) is 0 Å². The molecule has 0 amide bonds. The Morgan fingerprint density at radius 3 is 3.00 bits per heavy atom.